The van der Waals surface area contributed by atoms with Crippen LogP contribution in [0.2, 0.25) is 0 Å². The van der Waals surface area contributed by atoms with Gasteiger partial charge in [0.1, 0.15) is 6.61 Å². The molecule has 1 heterocycles. The Bertz CT molecular complexity index is 1150. The molecule has 0 spiro atoms. The van der Waals surface area contributed by atoms with Gasteiger partial charge >= 0.3 is 0 Å². The predicted molar refractivity (Wildman–Crippen MR) is 134 cm³/mol. The average molecular weight is 479 g/mol. The highest BCUT2D eigenvalue weighted by Crippen LogP contribution is 2.55. The zero-order chi connectivity index (χ0) is 25.3. The molecule has 2 aliphatic rings. The van der Waals surface area contributed by atoms with Crippen LogP contribution in [0, 0.1) is 11.3 Å². The molecule has 2 atom stereocenters. The van der Waals surface area contributed by atoms with Crippen molar-refractivity contribution in [1.29, 1.82) is 5.26 Å². The van der Waals surface area contributed by atoms with Crippen molar-refractivity contribution in [2.75, 3.05) is 45.5 Å². The molecular formula is C28H34N2O5. The van der Waals surface area contributed by atoms with E-state index in [1.807, 2.05) is 38.1 Å². The molecule has 35 heavy (non-hydrogen) atoms. The largest absolute Gasteiger partial charge is 0.487 e. The van der Waals surface area contributed by atoms with Gasteiger partial charge in [0.2, 0.25) is 0 Å². The van der Waals surface area contributed by atoms with Gasteiger partial charge in [-0.25, -0.2) is 0 Å². The van der Waals surface area contributed by atoms with Crippen LogP contribution in [0.4, 0.5) is 5.69 Å². The van der Waals surface area contributed by atoms with Crippen molar-refractivity contribution in [3.63, 3.8) is 0 Å². The summed E-state index contributed by atoms with van der Waals surface area (Å²) in [7, 11) is 3.31. The van der Waals surface area contributed by atoms with Crippen molar-refractivity contribution in [3.05, 3.63) is 52.6 Å². The number of Topliss-reactive ketones (excluding diaryl/α,β-unsaturated/α-hetero) is 1. The van der Waals surface area contributed by atoms with Crippen molar-refractivity contribution in [2.45, 2.75) is 51.2 Å². The first-order valence-corrected chi connectivity index (χ1v) is 12.0. The van der Waals surface area contributed by atoms with Gasteiger partial charge in [-0.3, -0.25) is 4.79 Å². The summed E-state index contributed by atoms with van der Waals surface area (Å²) >= 11 is 0. The van der Waals surface area contributed by atoms with Crippen LogP contribution in [-0.4, -0.2) is 58.5 Å². The maximum Gasteiger partial charge on any atom is 0.172 e. The fraction of sp³-hybridized carbons (Fsp3) is 0.500. The van der Waals surface area contributed by atoms with Crippen LogP contribution in [0.3, 0.4) is 0 Å². The third kappa shape index (κ3) is 4.37. The number of nitriles is 1. The molecule has 0 fully saturated rings. The van der Waals surface area contributed by atoms with Gasteiger partial charge in [0.15, 0.2) is 17.3 Å². The molecule has 7 nitrogen and oxygen atoms in total. The third-order valence-corrected chi connectivity index (χ3v) is 6.96. The quantitative estimate of drug-likeness (QED) is 0.492. The van der Waals surface area contributed by atoms with E-state index in [2.05, 4.69) is 24.8 Å². The Hall–Kier alpha value is -3.08. The molecule has 186 valence electrons. The summed E-state index contributed by atoms with van der Waals surface area (Å²) in [5, 5.41) is 9.51. The lowest BCUT2D eigenvalue weighted by Crippen LogP contribution is -2.53. The smallest absolute Gasteiger partial charge is 0.172 e. The summed E-state index contributed by atoms with van der Waals surface area (Å²) in [4.78, 5) is 16.3. The molecule has 0 saturated heterocycles. The minimum atomic E-state index is -0.400. The van der Waals surface area contributed by atoms with E-state index in [0.29, 0.717) is 49.0 Å². The summed E-state index contributed by atoms with van der Waals surface area (Å²) in [5.74, 6) is 0.891. The maximum atomic E-state index is 14.1. The monoisotopic (exact) mass is 478 g/mol. The van der Waals surface area contributed by atoms with E-state index in [4.69, 9.17) is 18.9 Å². The minimum Gasteiger partial charge on any atom is -0.487 e. The van der Waals surface area contributed by atoms with Gasteiger partial charge in [-0.05, 0) is 49.2 Å². The number of methoxy groups -OCH3 is 2. The van der Waals surface area contributed by atoms with Crippen LogP contribution < -0.4 is 14.4 Å². The van der Waals surface area contributed by atoms with Gasteiger partial charge in [-0.15, -0.1) is 0 Å². The average Bonchev–Trinajstić information content (AvgIpc) is 3.16. The van der Waals surface area contributed by atoms with E-state index in [1.54, 1.807) is 20.3 Å². The number of rotatable bonds is 9. The highest BCUT2D eigenvalue weighted by atomic mass is 16.5. The molecule has 0 aromatic heterocycles. The van der Waals surface area contributed by atoms with Gasteiger partial charge in [-0.1, -0.05) is 19.9 Å². The van der Waals surface area contributed by atoms with E-state index >= 15 is 0 Å². The van der Waals surface area contributed by atoms with Crippen molar-refractivity contribution < 1.29 is 23.7 Å². The molecule has 2 unspecified atom stereocenters. The van der Waals surface area contributed by atoms with Crippen molar-refractivity contribution >= 4 is 11.5 Å². The minimum absolute atomic E-state index is 0.0623. The molecule has 1 aliphatic carbocycles. The zero-order valence-corrected chi connectivity index (χ0v) is 21.4. The summed E-state index contributed by atoms with van der Waals surface area (Å²) in [6, 6.07) is 11.6. The fourth-order valence-electron chi connectivity index (χ4n) is 5.48. The van der Waals surface area contributed by atoms with Crippen LogP contribution >= 0.6 is 0 Å². The maximum absolute atomic E-state index is 14.1. The van der Waals surface area contributed by atoms with Crippen molar-refractivity contribution in [1.82, 2.24) is 0 Å². The standard InChI is InChI=1S/C28H34N2O5/c1-17(2)35-24-14-20-21(15-23(24)34-12-11-33-6)28(3,4)27-25(26(20)31)19-8-7-18(16-29)13-22(19)30(27)9-10-32-5/h7-8,13-15,17,25,27H,9-12H2,1-6H3. The SMILES string of the molecule is COCCOc1cc2c(cc1OC(C)C)C(=O)C1c3ccc(C#N)cc3N(CCOC)C1C2(C)C. The number of benzene rings is 2. The van der Waals surface area contributed by atoms with E-state index in [0.717, 1.165) is 16.8 Å². The number of hydrogen-bond acceptors (Lipinski definition) is 7. The second kappa shape index (κ2) is 9.88. The third-order valence-electron chi connectivity index (χ3n) is 6.96. The Balaban J connectivity index is 1.87. The lowest BCUT2D eigenvalue weighted by atomic mass is 9.63. The van der Waals surface area contributed by atoms with E-state index < -0.39 is 5.41 Å². The fourth-order valence-corrected chi connectivity index (χ4v) is 5.48. The van der Waals surface area contributed by atoms with Gasteiger partial charge < -0.3 is 23.8 Å². The summed E-state index contributed by atoms with van der Waals surface area (Å²) < 4.78 is 22.7. The molecule has 1 aliphatic heterocycles. The van der Waals surface area contributed by atoms with E-state index in [9.17, 15) is 10.1 Å². The Labute approximate surface area is 207 Å². The lowest BCUT2D eigenvalue weighted by molar-refractivity contribution is 0.0909. The van der Waals surface area contributed by atoms with Crippen molar-refractivity contribution in [3.8, 4) is 17.6 Å². The molecule has 0 radical (unpaired) electrons. The Morgan fingerprint density at radius 3 is 2.46 bits per heavy atom. The topological polar surface area (TPSA) is 81.0 Å². The summed E-state index contributed by atoms with van der Waals surface area (Å²) in [6.07, 6.45) is -0.0709. The molecular weight excluding hydrogens is 444 g/mol. The Morgan fingerprint density at radius 1 is 1.06 bits per heavy atom. The Kier molecular flexibility index (Phi) is 7.07. The van der Waals surface area contributed by atoms with Gasteiger partial charge in [0.05, 0.1) is 42.9 Å². The number of carbonyl (C=O) groups excluding carboxylic acids is 1. The predicted octanol–water partition coefficient (Wildman–Crippen LogP) is 4.46. The first kappa shape index (κ1) is 25.0. The van der Waals surface area contributed by atoms with Crippen LogP contribution in [0.15, 0.2) is 30.3 Å². The number of hydrogen-bond donors (Lipinski definition) is 0. The van der Waals surface area contributed by atoms with E-state index in [-0.39, 0.29) is 23.8 Å². The summed E-state index contributed by atoms with van der Waals surface area (Å²) in [5.41, 5.74) is 3.66. The number of anilines is 1. The number of ether oxygens (including phenoxy) is 4. The number of nitrogens with zero attached hydrogens (tertiary/aromatic N) is 2. The zero-order valence-electron chi connectivity index (χ0n) is 21.4. The summed E-state index contributed by atoms with van der Waals surface area (Å²) in [6.45, 7) is 10.2. The number of carbonyl (C=O) groups is 1. The molecule has 2 aromatic carbocycles. The first-order chi connectivity index (χ1) is 16.7. The Morgan fingerprint density at radius 2 is 1.80 bits per heavy atom. The second-order valence-corrected chi connectivity index (χ2v) is 9.93. The van der Waals surface area contributed by atoms with Crippen LogP contribution in [0.1, 0.15) is 60.7 Å². The number of fused-ring (bicyclic) bond motifs is 4. The lowest BCUT2D eigenvalue weighted by Gasteiger charge is -2.46. The van der Waals surface area contributed by atoms with Crippen LogP contribution in [0.5, 0.6) is 11.5 Å². The van der Waals surface area contributed by atoms with Gasteiger partial charge in [-0.2, -0.15) is 5.26 Å². The molecule has 0 N–H and O–H groups in total. The molecule has 2 aromatic rings. The van der Waals surface area contributed by atoms with Gasteiger partial charge in [0.25, 0.3) is 0 Å². The van der Waals surface area contributed by atoms with Crippen molar-refractivity contribution in [2.24, 2.45) is 0 Å². The van der Waals surface area contributed by atoms with E-state index in [1.165, 1.54) is 0 Å². The molecule has 0 bridgehead atoms. The number of ketones is 1. The molecule has 0 amide bonds. The highest BCUT2D eigenvalue weighted by molar-refractivity contribution is 6.07. The normalized spacial score (nSPS) is 19.7. The van der Waals surface area contributed by atoms with Crippen LogP contribution in [0.25, 0.3) is 0 Å². The van der Waals surface area contributed by atoms with Crippen LogP contribution in [-0.2, 0) is 14.9 Å². The molecule has 7 heteroatoms. The molecule has 4 rings (SSSR count). The van der Waals surface area contributed by atoms with Gasteiger partial charge in [0, 0.05) is 37.4 Å². The first-order valence-electron chi connectivity index (χ1n) is 12.0. The molecule has 0 saturated carbocycles. The second-order valence-electron chi connectivity index (χ2n) is 9.93. The highest BCUT2D eigenvalue weighted by Gasteiger charge is 2.55.